The molecule has 5 heteroatoms. The Balaban J connectivity index is 1.86. The molecule has 116 valence electrons. The number of nitrogens with zero attached hydrogens (tertiary/aromatic N) is 1. The van der Waals surface area contributed by atoms with E-state index in [9.17, 15) is 4.79 Å². The normalized spacial score (nSPS) is 15.6. The number of nitrogens with one attached hydrogen (secondary N) is 1. The fourth-order valence-corrected chi connectivity index (χ4v) is 4.04. The minimum Gasteiger partial charge on any atom is -0.337 e. The molecule has 1 N–H and O–H groups in total. The second-order valence-electron chi connectivity index (χ2n) is 5.53. The van der Waals surface area contributed by atoms with Gasteiger partial charge in [-0.2, -0.15) is 0 Å². The quantitative estimate of drug-likeness (QED) is 0.905. The van der Waals surface area contributed by atoms with Gasteiger partial charge in [0.15, 0.2) is 0 Å². The number of amides is 1. The highest BCUT2D eigenvalue weighted by Gasteiger charge is 2.20. The number of rotatable bonds is 2. The first kappa shape index (κ1) is 15.5. The summed E-state index contributed by atoms with van der Waals surface area (Å²) in [4.78, 5) is 16.6. The number of thiophene rings is 1. The summed E-state index contributed by atoms with van der Waals surface area (Å²) in [5.74, 6) is 0.144. The summed E-state index contributed by atoms with van der Waals surface area (Å²) in [6.07, 6.45) is 1.01. The highest BCUT2D eigenvalue weighted by molar-refractivity contribution is 7.17. The maximum absolute atomic E-state index is 12.7. The summed E-state index contributed by atoms with van der Waals surface area (Å²) in [5, 5.41) is 4.05. The smallest absolute Gasteiger partial charge is 0.263 e. The van der Waals surface area contributed by atoms with E-state index in [-0.39, 0.29) is 5.91 Å². The van der Waals surface area contributed by atoms with Crippen molar-refractivity contribution in [2.24, 2.45) is 0 Å². The standard InChI is InChI=1S/C17H19ClN2OS/c1-12-10-15(17(21)20-8-3-6-19-7-9-20)22-16(12)13-4-2-5-14(18)11-13/h2,4-5,10-11,19H,3,6-9H2,1H3. The molecule has 1 aliphatic heterocycles. The Morgan fingerprint density at radius 1 is 1.27 bits per heavy atom. The van der Waals surface area contributed by atoms with Crippen molar-refractivity contribution in [3.8, 4) is 10.4 Å². The van der Waals surface area contributed by atoms with Crippen molar-refractivity contribution >= 4 is 28.8 Å². The Bertz CT molecular complexity index is 675. The molecule has 1 aromatic carbocycles. The van der Waals surface area contributed by atoms with Crippen LogP contribution in [-0.2, 0) is 0 Å². The fraction of sp³-hybridized carbons (Fsp3) is 0.353. The summed E-state index contributed by atoms with van der Waals surface area (Å²) < 4.78 is 0. The van der Waals surface area contributed by atoms with Crippen LogP contribution < -0.4 is 5.32 Å². The summed E-state index contributed by atoms with van der Waals surface area (Å²) in [7, 11) is 0. The third kappa shape index (κ3) is 3.35. The highest BCUT2D eigenvalue weighted by Crippen LogP contribution is 2.34. The van der Waals surface area contributed by atoms with E-state index in [2.05, 4.69) is 5.32 Å². The summed E-state index contributed by atoms with van der Waals surface area (Å²) in [6.45, 7) is 5.52. The molecule has 1 aliphatic rings. The predicted octanol–water partition coefficient (Wildman–Crippen LogP) is 3.81. The highest BCUT2D eigenvalue weighted by atomic mass is 35.5. The molecule has 1 aromatic heterocycles. The van der Waals surface area contributed by atoms with E-state index < -0.39 is 0 Å². The average molecular weight is 335 g/mol. The molecule has 1 saturated heterocycles. The molecular formula is C17H19ClN2OS. The second kappa shape index (κ2) is 6.82. The molecule has 1 amide bonds. The van der Waals surface area contributed by atoms with Gasteiger partial charge in [-0.05, 0) is 49.2 Å². The molecule has 2 aromatic rings. The van der Waals surface area contributed by atoms with Crippen LogP contribution >= 0.6 is 22.9 Å². The van der Waals surface area contributed by atoms with Crippen molar-refractivity contribution in [2.45, 2.75) is 13.3 Å². The molecule has 22 heavy (non-hydrogen) atoms. The van der Waals surface area contributed by atoms with E-state index in [1.807, 2.05) is 42.2 Å². The van der Waals surface area contributed by atoms with Crippen molar-refractivity contribution < 1.29 is 4.79 Å². The lowest BCUT2D eigenvalue weighted by Crippen LogP contribution is -2.33. The van der Waals surface area contributed by atoms with Gasteiger partial charge in [-0.3, -0.25) is 4.79 Å². The van der Waals surface area contributed by atoms with Crippen molar-refractivity contribution in [3.05, 3.63) is 45.8 Å². The van der Waals surface area contributed by atoms with E-state index >= 15 is 0 Å². The topological polar surface area (TPSA) is 32.3 Å². The molecule has 0 aliphatic carbocycles. The molecule has 0 spiro atoms. The number of aryl methyl sites for hydroxylation is 1. The van der Waals surface area contributed by atoms with Gasteiger partial charge in [0.2, 0.25) is 0 Å². The Labute approximate surface area is 139 Å². The van der Waals surface area contributed by atoms with E-state index in [4.69, 9.17) is 11.6 Å². The van der Waals surface area contributed by atoms with Gasteiger partial charge in [0, 0.05) is 29.5 Å². The van der Waals surface area contributed by atoms with Crippen LogP contribution in [0.15, 0.2) is 30.3 Å². The SMILES string of the molecule is Cc1cc(C(=O)N2CCCNCC2)sc1-c1cccc(Cl)c1. The molecule has 0 bridgehead atoms. The molecular weight excluding hydrogens is 316 g/mol. The summed E-state index contributed by atoms with van der Waals surface area (Å²) in [6, 6.07) is 9.80. The zero-order chi connectivity index (χ0) is 15.5. The third-order valence-electron chi connectivity index (χ3n) is 3.84. The molecule has 2 heterocycles. The average Bonchev–Trinajstić information content (AvgIpc) is 2.73. The molecule has 0 atom stereocenters. The van der Waals surface area contributed by atoms with Crippen LogP contribution in [-0.4, -0.2) is 37.0 Å². The van der Waals surface area contributed by atoms with Gasteiger partial charge in [-0.25, -0.2) is 0 Å². The molecule has 0 radical (unpaired) electrons. The minimum absolute atomic E-state index is 0.144. The van der Waals surface area contributed by atoms with Crippen LogP contribution in [0.3, 0.4) is 0 Å². The fourth-order valence-electron chi connectivity index (χ4n) is 2.71. The van der Waals surface area contributed by atoms with Crippen LogP contribution in [0.25, 0.3) is 10.4 Å². The van der Waals surface area contributed by atoms with Crippen molar-refractivity contribution in [2.75, 3.05) is 26.2 Å². The maximum atomic E-state index is 12.7. The molecule has 1 fully saturated rings. The number of hydrogen-bond donors (Lipinski definition) is 1. The zero-order valence-electron chi connectivity index (χ0n) is 12.6. The van der Waals surface area contributed by atoms with Crippen molar-refractivity contribution in [1.82, 2.24) is 10.2 Å². The lowest BCUT2D eigenvalue weighted by atomic mass is 10.1. The van der Waals surface area contributed by atoms with Gasteiger partial charge in [0.05, 0.1) is 4.88 Å². The zero-order valence-corrected chi connectivity index (χ0v) is 14.1. The van der Waals surface area contributed by atoms with Crippen LogP contribution in [0.4, 0.5) is 0 Å². The van der Waals surface area contributed by atoms with Crippen LogP contribution in [0, 0.1) is 6.92 Å². The Hall–Kier alpha value is -1.36. The van der Waals surface area contributed by atoms with Crippen LogP contribution in [0.5, 0.6) is 0 Å². The van der Waals surface area contributed by atoms with E-state index in [0.29, 0.717) is 0 Å². The van der Waals surface area contributed by atoms with E-state index in [1.165, 1.54) is 0 Å². The van der Waals surface area contributed by atoms with Gasteiger partial charge < -0.3 is 10.2 Å². The second-order valence-corrected chi connectivity index (χ2v) is 7.02. The Morgan fingerprint density at radius 2 is 2.14 bits per heavy atom. The number of hydrogen-bond acceptors (Lipinski definition) is 3. The third-order valence-corrected chi connectivity index (χ3v) is 5.35. The van der Waals surface area contributed by atoms with Crippen LogP contribution in [0.1, 0.15) is 21.7 Å². The molecule has 3 nitrogen and oxygen atoms in total. The molecule has 0 unspecified atom stereocenters. The van der Waals surface area contributed by atoms with Gasteiger partial charge in [0.25, 0.3) is 5.91 Å². The minimum atomic E-state index is 0.144. The van der Waals surface area contributed by atoms with E-state index in [1.54, 1.807) is 11.3 Å². The first-order valence-corrected chi connectivity index (χ1v) is 8.71. The number of carbonyl (C=O) groups is 1. The van der Waals surface area contributed by atoms with Gasteiger partial charge in [-0.1, -0.05) is 23.7 Å². The van der Waals surface area contributed by atoms with Gasteiger partial charge >= 0.3 is 0 Å². The maximum Gasteiger partial charge on any atom is 0.263 e. The first-order valence-electron chi connectivity index (χ1n) is 7.51. The predicted molar refractivity (Wildman–Crippen MR) is 92.9 cm³/mol. The lowest BCUT2D eigenvalue weighted by Gasteiger charge is -2.18. The van der Waals surface area contributed by atoms with Crippen molar-refractivity contribution in [3.63, 3.8) is 0 Å². The van der Waals surface area contributed by atoms with Crippen LogP contribution in [0.2, 0.25) is 5.02 Å². The summed E-state index contributed by atoms with van der Waals surface area (Å²) in [5.41, 5.74) is 2.20. The van der Waals surface area contributed by atoms with E-state index in [0.717, 1.165) is 58.5 Å². The monoisotopic (exact) mass is 334 g/mol. The first-order chi connectivity index (χ1) is 10.6. The number of carbonyl (C=O) groups excluding carboxylic acids is 1. The summed E-state index contributed by atoms with van der Waals surface area (Å²) >= 11 is 7.64. The Kier molecular flexibility index (Phi) is 4.81. The largest absolute Gasteiger partial charge is 0.337 e. The van der Waals surface area contributed by atoms with Gasteiger partial charge in [-0.15, -0.1) is 11.3 Å². The lowest BCUT2D eigenvalue weighted by molar-refractivity contribution is 0.0771. The Morgan fingerprint density at radius 3 is 2.95 bits per heavy atom. The van der Waals surface area contributed by atoms with Gasteiger partial charge in [0.1, 0.15) is 0 Å². The van der Waals surface area contributed by atoms with Crippen molar-refractivity contribution in [1.29, 1.82) is 0 Å². The number of benzene rings is 1. The number of halogens is 1. The molecule has 0 saturated carbocycles. The molecule has 3 rings (SSSR count).